The van der Waals surface area contributed by atoms with Crippen molar-refractivity contribution in [1.82, 2.24) is 4.90 Å². The number of unbranched alkanes of at least 4 members (excludes halogenated alkanes) is 2. The fourth-order valence-corrected chi connectivity index (χ4v) is 7.56. The lowest BCUT2D eigenvalue weighted by Gasteiger charge is -2.48. The molecule has 0 unspecified atom stereocenters. The summed E-state index contributed by atoms with van der Waals surface area (Å²) in [6, 6.07) is 33.9. The van der Waals surface area contributed by atoms with E-state index in [2.05, 4.69) is 10.0 Å². The van der Waals surface area contributed by atoms with E-state index in [1.54, 1.807) is 17.0 Å². The van der Waals surface area contributed by atoms with Crippen molar-refractivity contribution in [2.45, 2.75) is 114 Å². The summed E-state index contributed by atoms with van der Waals surface area (Å²) in [7, 11) is 0. The Morgan fingerprint density at radius 2 is 1.19 bits per heavy atom. The molecule has 64 heavy (non-hydrogen) atoms. The topological polar surface area (TPSA) is 235 Å². The second kappa shape index (κ2) is 25.5. The monoisotopic (exact) mass is 886 g/mol. The highest BCUT2D eigenvalue weighted by atomic mass is 16.7. The molecule has 6 rings (SSSR count). The van der Waals surface area contributed by atoms with Crippen LogP contribution in [0.4, 0.5) is 4.79 Å². The molecular formula is C47H58N4O13. The maximum atomic E-state index is 13.3. The van der Waals surface area contributed by atoms with Gasteiger partial charge >= 0.3 is 6.09 Å². The molecule has 4 aromatic rings. The third-order valence-corrected chi connectivity index (χ3v) is 11.1. The lowest BCUT2D eigenvalue weighted by molar-refractivity contribution is -0.352. The number of hydrogen-bond donors (Lipinski definition) is 5. The quantitative estimate of drug-likeness (QED) is 0.0289. The molecule has 0 saturated carbocycles. The van der Waals surface area contributed by atoms with E-state index >= 15 is 0 Å². The lowest BCUT2D eigenvalue weighted by atomic mass is 9.95. The van der Waals surface area contributed by atoms with E-state index in [1.165, 1.54) is 0 Å². The van der Waals surface area contributed by atoms with Crippen molar-refractivity contribution >= 4 is 6.09 Å². The first-order valence-corrected chi connectivity index (χ1v) is 21.5. The van der Waals surface area contributed by atoms with Crippen molar-refractivity contribution in [3.05, 3.63) is 154 Å². The van der Waals surface area contributed by atoms with E-state index in [9.17, 15) is 35.9 Å². The van der Waals surface area contributed by atoms with Gasteiger partial charge in [-0.3, -0.25) is 0 Å². The van der Waals surface area contributed by atoms with Crippen LogP contribution in [0.25, 0.3) is 10.4 Å². The molecule has 4 aromatic carbocycles. The average molecular weight is 887 g/mol. The maximum Gasteiger partial charge on any atom is 0.410 e. The average Bonchev–Trinajstić information content (AvgIpc) is 3.33. The second-order valence-corrected chi connectivity index (χ2v) is 15.6. The Labute approximate surface area is 372 Å². The van der Waals surface area contributed by atoms with Crippen molar-refractivity contribution < 1.29 is 63.5 Å². The molecule has 10 atom stereocenters. The zero-order chi connectivity index (χ0) is 45.1. The molecule has 2 fully saturated rings. The minimum Gasteiger partial charge on any atom is -0.445 e. The van der Waals surface area contributed by atoms with Gasteiger partial charge < -0.3 is 63.6 Å². The zero-order valence-electron chi connectivity index (χ0n) is 35.5. The van der Waals surface area contributed by atoms with Gasteiger partial charge in [0.05, 0.1) is 39.1 Å². The Morgan fingerprint density at radius 3 is 1.78 bits per heavy atom. The normalized spacial score (nSPS) is 25.6. The van der Waals surface area contributed by atoms with Gasteiger partial charge in [-0.1, -0.05) is 120 Å². The van der Waals surface area contributed by atoms with Crippen molar-refractivity contribution in [2.75, 3.05) is 26.4 Å². The maximum absolute atomic E-state index is 13.3. The molecule has 0 aliphatic carbocycles. The third kappa shape index (κ3) is 13.8. The van der Waals surface area contributed by atoms with Crippen LogP contribution in [0.5, 0.6) is 0 Å². The first-order chi connectivity index (χ1) is 31.3. The van der Waals surface area contributed by atoms with E-state index in [-0.39, 0.29) is 33.0 Å². The van der Waals surface area contributed by atoms with Gasteiger partial charge in [0.15, 0.2) is 12.6 Å². The summed E-state index contributed by atoms with van der Waals surface area (Å²) < 4.78 is 42.6. The fraction of sp³-hybridized carbons (Fsp3) is 0.468. The molecule has 2 aliphatic heterocycles. The van der Waals surface area contributed by atoms with Crippen molar-refractivity contribution in [2.24, 2.45) is 5.11 Å². The Hall–Kier alpha value is -4.98. The van der Waals surface area contributed by atoms with Crippen LogP contribution in [0.1, 0.15) is 47.1 Å². The minimum atomic E-state index is -1.45. The highest BCUT2D eigenvalue weighted by molar-refractivity contribution is 5.67. The smallest absolute Gasteiger partial charge is 0.410 e. The van der Waals surface area contributed by atoms with Crippen molar-refractivity contribution in [1.29, 1.82) is 0 Å². The molecule has 344 valence electrons. The molecule has 2 saturated heterocycles. The van der Waals surface area contributed by atoms with Crippen LogP contribution in [0.3, 0.4) is 0 Å². The van der Waals surface area contributed by atoms with E-state index in [1.807, 2.05) is 103 Å². The summed E-state index contributed by atoms with van der Waals surface area (Å²) in [6.07, 6.45) is -10.1. The number of nitrogens with zero attached hydrogens (tertiary/aromatic N) is 4. The number of carbonyl (C=O) groups excluding carboxylic acids is 1. The van der Waals surface area contributed by atoms with Crippen LogP contribution in [0.15, 0.2) is 120 Å². The second-order valence-electron chi connectivity index (χ2n) is 15.6. The van der Waals surface area contributed by atoms with Gasteiger partial charge in [-0.15, -0.1) is 0 Å². The van der Waals surface area contributed by atoms with Gasteiger partial charge in [-0.2, -0.15) is 0 Å². The van der Waals surface area contributed by atoms with Gasteiger partial charge in [0.25, 0.3) is 0 Å². The molecule has 17 heteroatoms. The Morgan fingerprint density at radius 1 is 0.625 bits per heavy atom. The third-order valence-electron chi connectivity index (χ3n) is 11.1. The van der Waals surface area contributed by atoms with Crippen LogP contribution in [-0.4, -0.2) is 124 Å². The summed E-state index contributed by atoms with van der Waals surface area (Å²) >= 11 is 0. The van der Waals surface area contributed by atoms with E-state index in [4.69, 9.17) is 33.2 Å². The van der Waals surface area contributed by atoms with Crippen molar-refractivity contribution in [3.8, 4) is 0 Å². The summed E-state index contributed by atoms with van der Waals surface area (Å²) in [5.74, 6) is 0. The summed E-state index contributed by atoms with van der Waals surface area (Å²) in [5.41, 5.74) is 13.7. The van der Waals surface area contributed by atoms with Gasteiger partial charge in [0, 0.05) is 24.6 Å². The van der Waals surface area contributed by atoms with Gasteiger partial charge in [-0.25, -0.2) is 4.79 Å². The van der Waals surface area contributed by atoms with Crippen LogP contribution in [0.2, 0.25) is 0 Å². The predicted octanol–water partition coefficient (Wildman–Crippen LogP) is 4.90. The fourth-order valence-electron chi connectivity index (χ4n) is 7.56. The summed E-state index contributed by atoms with van der Waals surface area (Å²) in [6.45, 7) is -0.199. The largest absolute Gasteiger partial charge is 0.445 e. The van der Waals surface area contributed by atoms with Crippen molar-refractivity contribution in [3.63, 3.8) is 0 Å². The molecule has 1 amide bonds. The number of amides is 1. The van der Waals surface area contributed by atoms with Crippen LogP contribution < -0.4 is 0 Å². The Bertz CT molecular complexity index is 2000. The van der Waals surface area contributed by atoms with Gasteiger partial charge in [0.2, 0.25) is 0 Å². The van der Waals surface area contributed by atoms with Crippen LogP contribution >= 0.6 is 0 Å². The number of carbonyl (C=O) groups is 1. The number of rotatable bonds is 23. The Kier molecular flexibility index (Phi) is 19.3. The molecule has 0 radical (unpaired) electrons. The van der Waals surface area contributed by atoms with E-state index < -0.39 is 80.7 Å². The first-order valence-electron chi connectivity index (χ1n) is 21.5. The van der Waals surface area contributed by atoms with Gasteiger partial charge in [0.1, 0.15) is 49.3 Å². The number of ether oxygens (including phenoxy) is 7. The molecule has 0 bridgehead atoms. The summed E-state index contributed by atoms with van der Waals surface area (Å²) in [5, 5.41) is 57.0. The lowest BCUT2D eigenvalue weighted by Crippen LogP contribution is -2.65. The number of aliphatic hydroxyl groups is 5. The summed E-state index contributed by atoms with van der Waals surface area (Å²) in [4.78, 5) is 17.9. The molecule has 2 aliphatic rings. The minimum absolute atomic E-state index is 0.0390. The molecule has 5 N–H and O–H groups in total. The molecule has 0 aromatic heterocycles. The van der Waals surface area contributed by atoms with E-state index in [0.717, 1.165) is 27.8 Å². The van der Waals surface area contributed by atoms with Gasteiger partial charge in [-0.05, 0) is 52.6 Å². The number of azide groups is 1. The van der Waals surface area contributed by atoms with Crippen LogP contribution in [0, 0.1) is 0 Å². The molecule has 0 spiro atoms. The number of hydrogen-bond acceptors (Lipinski definition) is 14. The number of benzene rings is 4. The zero-order valence-corrected chi connectivity index (χ0v) is 35.5. The Balaban J connectivity index is 1.09. The first kappa shape index (κ1) is 48.5. The molecule has 17 nitrogen and oxygen atoms in total. The number of aliphatic hydroxyl groups excluding tert-OH is 5. The highest BCUT2D eigenvalue weighted by Gasteiger charge is 2.52. The molecule has 2 heterocycles. The molecular weight excluding hydrogens is 829 g/mol. The van der Waals surface area contributed by atoms with Crippen LogP contribution in [-0.2, 0) is 66.1 Å². The highest BCUT2D eigenvalue weighted by Crippen LogP contribution is 2.34. The predicted molar refractivity (Wildman–Crippen MR) is 231 cm³/mol. The SMILES string of the molecule is [N-]=[N+]=N[C@H]1[C@@H](O[C@H]2[C@H](OCc3ccccc3)[C@@H](O)[C@H](OCCCCCN(Cc3ccccc3)C(=O)OCc3ccc(CO)cc3)O[C@H]2CO)O[C@H](CO)[C@@H](O)[C@@H]1OCc1ccccc1. The standard InChI is InChI=1S/C47H58N4O13/c48-50-49-39-43(59-29-34-15-7-2-8-16-34)40(55)37(27-53)62-45(39)64-42-38(28-54)63-46(41(56)44(42)60-30-35-17-9-3-10-18-35)58-24-12-4-11-23-51(25-32-13-5-1-6-14-32)47(57)61-31-36-21-19-33(26-52)20-22-36/h1-3,5-10,13-22,37-46,52-56H,4,11-12,23-31H2/t37-,38+,39-,40-,41-,42-,43-,44-,45-,46-/m1/s1. The van der Waals surface area contributed by atoms with E-state index in [0.29, 0.717) is 32.4 Å².